The van der Waals surface area contributed by atoms with E-state index >= 15 is 0 Å². The fourth-order valence-electron chi connectivity index (χ4n) is 3.04. The van der Waals surface area contributed by atoms with Gasteiger partial charge in [-0.2, -0.15) is 5.26 Å². The zero-order valence-electron chi connectivity index (χ0n) is 18.3. The van der Waals surface area contributed by atoms with Gasteiger partial charge in [0.2, 0.25) is 0 Å². The minimum atomic E-state index is -0.510. The summed E-state index contributed by atoms with van der Waals surface area (Å²) in [6.45, 7) is 2.80. The van der Waals surface area contributed by atoms with E-state index in [2.05, 4.69) is 27.9 Å². The number of benzene rings is 3. The van der Waals surface area contributed by atoms with Crippen LogP contribution < -0.4 is 19.5 Å². The molecule has 0 aromatic heterocycles. The van der Waals surface area contributed by atoms with Crippen LogP contribution in [0.5, 0.6) is 17.2 Å². The quantitative estimate of drug-likeness (QED) is 0.205. The van der Waals surface area contributed by atoms with Gasteiger partial charge in [0.1, 0.15) is 24.0 Å². The number of amides is 1. The summed E-state index contributed by atoms with van der Waals surface area (Å²) in [5.74, 6) is 1.26. The van der Waals surface area contributed by atoms with Gasteiger partial charge in [-0.1, -0.05) is 36.4 Å². The monoisotopic (exact) mass is 554 g/mol. The van der Waals surface area contributed by atoms with Gasteiger partial charge in [-0.05, 0) is 71.0 Å². The lowest BCUT2D eigenvalue weighted by Crippen LogP contribution is -2.13. The Hall–Kier alpha value is -3.51. The molecule has 0 aliphatic heterocycles. The van der Waals surface area contributed by atoms with Crippen molar-refractivity contribution >= 4 is 40.3 Å². The number of anilines is 1. The van der Waals surface area contributed by atoms with Crippen LogP contribution in [0.1, 0.15) is 18.1 Å². The molecule has 0 aliphatic rings. The van der Waals surface area contributed by atoms with Crippen LogP contribution in [-0.2, 0) is 11.4 Å². The first-order valence-corrected chi connectivity index (χ1v) is 11.3. The van der Waals surface area contributed by atoms with Gasteiger partial charge in [0.05, 0.1) is 17.3 Å². The average Bonchev–Trinajstić information content (AvgIpc) is 2.82. The highest BCUT2D eigenvalue weighted by Gasteiger charge is 2.14. The highest BCUT2D eigenvalue weighted by atomic mass is 127. The number of nitrogens with one attached hydrogen (secondary N) is 1. The molecule has 1 amide bonds. The summed E-state index contributed by atoms with van der Waals surface area (Å²) >= 11 is 2.15. The second-order valence-corrected chi connectivity index (χ2v) is 8.06. The van der Waals surface area contributed by atoms with Gasteiger partial charge in [-0.15, -0.1) is 0 Å². The maximum Gasteiger partial charge on any atom is 0.266 e. The third kappa shape index (κ3) is 6.73. The molecule has 6 nitrogen and oxygen atoms in total. The van der Waals surface area contributed by atoms with E-state index < -0.39 is 5.91 Å². The summed E-state index contributed by atoms with van der Waals surface area (Å²) in [6, 6.07) is 22.4. The fraction of sp³-hybridized carbons (Fsp3) is 0.154. The zero-order valence-corrected chi connectivity index (χ0v) is 20.5. The van der Waals surface area contributed by atoms with E-state index in [0.29, 0.717) is 41.7 Å². The number of nitrogens with zero attached hydrogens (tertiary/aromatic N) is 1. The van der Waals surface area contributed by atoms with Gasteiger partial charge >= 0.3 is 0 Å². The zero-order chi connectivity index (χ0) is 23.6. The Labute approximate surface area is 206 Å². The lowest BCUT2D eigenvalue weighted by Gasteiger charge is -2.14. The lowest BCUT2D eigenvalue weighted by molar-refractivity contribution is -0.112. The van der Waals surface area contributed by atoms with Crippen LogP contribution in [0.4, 0.5) is 5.69 Å². The number of ether oxygens (including phenoxy) is 3. The van der Waals surface area contributed by atoms with Crippen LogP contribution in [0, 0.1) is 14.9 Å². The first-order chi connectivity index (χ1) is 16.0. The Bertz CT molecular complexity index is 1190. The van der Waals surface area contributed by atoms with E-state index in [1.165, 1.54) is 6.08 Å². The molecule has 0 spiro atoms. The van der Waals surface area contributed by atoms with Gasteiger partial charge < -0.3 is 19.5 Å². The molecule has 0 heterocycles. The standard InChI is InChI=1S/C26H23IN2O4/c1-3-32-22-11-7-10-21(15-22)29-26(30)20(16-28)12-19-13-23(27)25(24(14-19)31-2)33-17-18-8-5-4-6-9-18/h4-15H,3,17H2,1-2H3,(H,29,30)/b20-12-. The molecule has 3 rings (SSSR count). The van der Waals surface area contributed by atoms with Crippen LogP contribution in [0.3, 0.4) is 0 Å². The number of carbonyl (C=O) groups is 1. The maximum atomic E-state index is 12.7. The van der Waals surface area contributed by atoms with Crippen molar-refractivity contribution in [2.24, 2.45) is 0 Å². The number of carbonyl (C=O) groups excluding carboxylic acids is 1. The van der Waals surface area contributed by atoms with Gasteiger partial charge in [-0.25, -0.2) is 0 Å². The van der Waals surface area contributed by atoms with E-state index in [4.69, 9.17) is 14.2 Å². The molecular weight excluding hydrogens is 531 g/mol. The Morgan fingerprint density at radius 2 is 1.88 bits per heavy atom. The maximum absolute atomic E-state index is 12.7. The van der Waals surface area contributed by atoms with Crippen molar-refractivity contribution in [3.63, 3.8) is 0 Å². The predicted molar refractivity (Wildman–Crippen MR) is 136 cm³/mol. The second kappa shape index (κ2) is 11.9. The molecule has 0 aliphatic carbocycles. The van der Waals surface area contributed by atoms with Crippen LogP contribution in [0.2, 0.25) is 0 Å². The van der Waals surface area contributed by atoms with Crippen LogP contribution in [0.25, 0.3) is 6.08 Å². The molecule has 0 atom stereocenters. The molecule has 0 saturated heterocycles. The van der Waals surface area contributed by atoms with E-state index in [0.717, 1.165) is 9.13 Å². The van der Waals surface area contributed by atoms with Crippen molar-refractivity contribution in [3.8, 4) is 23.3 Å². The van der Waals surface area contributed by atoms with Crippen molar-refractivity contribution < 1.29 is 19.0 Å². The molecule has 0 bridgehead atoms. The number of hydrogen-bond acceptors (Lipinski definition) is 5. The topological polar surface area (TPSA) is 80.6 Å². The van der Waals surface area contributed by atoms with Gasteiger partial charge in [0.15, 0.2) is 11.5 Å². The minimum Gasteiger partial charge on any atom is -0.494 e. The van der Waals surface area contributed by atoms with Crippen LogP contribution >= 0.6 is 22.6 Å². The first-order valence-electron chi connectivity index (χ1n) is 10.2. The average molecular weight is 554 g/mol. The normalized spacial score (nSPS) is 10.8. The van der Waals surface area contributed by atoms with Crippen molar-refractivity contribution in [1.82, 2.24) is 0 Å². The van der Waals surface area contributed by atoms with Crippen molar-refractivity contribution in [2.75, 3.05) is 19.0 Å². The van der Waals surface area contributed by atoms with Crippen molar-refractivity contribution in [3.05, 3.63) is 87.0 Å². The molecule has 0 unspecified atom stereocenters. The van der Waals surface area contributed by atoms with E-state index in [1.807, 2.05) is 49.4 Å². The van der Waals surface area contributed by atoms with Gasteiger partial charge in [0, 0.05) is 11.8 Å². The fourth-order valence-corrected chi connectivity index (χ4v) is 3.82. The molecule has 3 aromatic rings. The van der Waals surface area contributed by atoms with Crippen LogP contribution in [0.15, 0.2) is 72.3 Å². The summed E-state index contributed by atoms with van der Waals surface area (Å²) in [6.07, 6.45) is 1.52. The molecule has 33 heavy (non-hydrogen) atoms. The van der Waals surface area contributed by atoms with Gasteiger partial charge in [0.25, 0.3) is 5.91 Å². The molecule has 0 radical (unpaired) electrons. The largest absolute Gasteiger partial charge is 0.494 e. The number of rotatable bonds is 9. The Morgan fingerprint density at radius 1 is 1.09 bits per heavy atom. The summed E-state index contributed by atoms with van der Waals surface area (Å²) in [4.78, 5) is 12.7. The Balaban J connectivity index is 1.80. The highest BCUT2D eigenvalue weighted by molar-refractivity contribution is 14.1. The SMILES string of the molecule is CCOc1cccc(NC(=O)/C(C#N)=C\c2cc(I)c(OCc3ccccc3)c(OC)c2)c1. The number of methoxy groups -OCH3 is 1. The van der Waals surface area contributed by atoms with E-state index in [1.54, 1.807) is 37.4 Å². The molecule has 0 fully saturated rings. The molecule has 7 heteroatoms. The molecule has 168 valence electrons. The van der Waals surface area contributed by atoms with Crippen LogP contribution in [-0.4, -0.2) is 19.6 Å². The third-order valence-electron chi connectivity index (χ3n) is 4.56. The third-order valence-corrected chi connectivity index (χ3v) is 5.36. The summed E-state index contributed by atoms with van der Waals surface area (Å²) in [7, 11) is 1.55. The predicted octanol–water partition coefficient (Wildman–Crippen LogP) is 5.82. The lowest BCUT2D eigenvalue weighted by atomic mass is 10.1. The number of nitriles is 1. The smallest absolute Gasteiger partial charge is 0.266 e. The van der Waals surface area contributed by atoms with Gasteiger partial charge in [-0.3, -0.25) is 4.79 Å². The van der Waals surface area contributed by atoms with Crippen molar-refractivity contribution in [1.29, 1.82) is 5.26 Å². The second-order valence-electron chi connectivity index (χ2n) is 6.89. The number of halogens is 1. The summed E-state index contributed by atoms with van der Waals surface area (Å²) in [5.41, 5.74) is 2.20. The first kappa shape index (κ1) is 24.1. The van der Waals surface area contributed by atoms with E-state index in [-0.39, 0.29) is 5.57 Å². The molecule has 1 N–H and O–H groups in total. The molecule has 3 aromatic carbocycles. The molecular formula is C26H23IN2O4. The minimum absolute atomic E-state index is 0.0346. The van der Waals surface area contributed by atoms with Crippen molar-refractivity contribution in [2.45, 2.75) is 13.5 Å². The summed E-state index contributed by atoms with van der Waals surface area (Å²) in [5, 5.41) is 12.3. The Kier molecular flexibility index (Phi) is 8.72. The number of hydrogen-bond donors (Lipinski definition) is 1. The summed E-state index contributed by atoms with van der Waals surface area (Å²) < 4.78 is 17.7. The highest BCUT2D eigenvalue weighted by Crippen LogP contribution is 2.35. The molecule has 0 saturated carbocycles. The van der Waals surface area contributed by atoms with E-state index in [9.17, 15) is 10.1 Å². The Morgan fingerprint density at radius 3 is 2.58 bits per heavy atom.